The van der Waals surface area contributed by atoms with Gasteiger partial charge >= 0.3 is 0 Å². The fraction of sp³-hybridized carbons (Fsp3) is 0.500. The van der Waals surface area contributed by atoms with Crippen molar-refractivity contribution in [1.29, 1.82) is 0 Å². The molecule has 1 aromatic rings. The summed E-state index contributed by atoms with van der Waals surface area (Å²) in [7, 11) is 0. The highest BCUT2D eigenvalue weighted by molar-refractivity contribution is 5.30. The second-order valence-corrected chi connectivity index (χ2v) is 5.08. The molecule has 0 spiro atoms. The van der Waals surface area contributed by atoms with E-state index in [0.717, 1.165) is 0 Å². The van der Waals surface area contributed by atoms with Crippen molar-refractivity contribution in [1.82, 2.24) is 0 Å². The first-order valence-corrected chi connectivity index (χ1v) is 5.54. The van der Waals surface area contributed by atoms with Crippen molar-refractivity contribution in [3.63, 3.8) is 0 Å². The van der Waals surface area contributed by atoms with Crippen molar-refractivity contribution in [3.05, 3.63) is 29.1 Å². The third-order valence-corrected chi connectivity index (χ3v) is 3.56. The fourth-order valence-electron chi connectivity index (χ4n) is 1.89. The van der Waals surface area contributed by atoms with Crippen molar-refractivity contribution in [2.75, 3.05) is 0 Å². The van der Waals surface area contributed by atoms with Crippen LogP contribution in [0.1, 0.15) is 20.3 Å². The van der Waals surface area contributed by atoms with Crippen LogP contribution in [0.2, 0.25) is 0 Å². The summed E-state index contributed by atoms with van der Waals surface area (Å²) in [5, 5.41) is 9.44. The molecule has 1 aliphatic carbocycles. The summed E-state index contributed by atoms with van der Waals surface area (Å²) >= 11 is 0. The van der Waals surface area contributed by atoms with Crippen LogP contribution in [0.4, 0.5) is 22.0 Å². The molecule has 0 radical (unpaired) electrons. The minimum Gasteiger partial charge on any atom is -0.483 e. The largest absolute Gasteiger partial charge is 0.483 e. The monoisotopic (exact) mass is 282 g/mol. The summed E-state index contributed by atoms with van der Waals surface area (Å²) in [6.45, 7) is 3.13. The molecule has 1 saturated carbocycles. The molecule has 19 heavy (non-hydrogen) atoms. The number of benzene rings is 1. The summed E-state index contributed by atoms with van der Waals surface area (Å²) in [5.74, 6) is -11.6. The molecule has 7 heteroatoms. The number of ether oxygens (including phenoxy) is 1. The van der Waals surface area contributed by atoms with Gasteiger partial charge in [-0.1, -0.05) is 13.8 Å². The quantitative estimate of drug-likeness (QED) is 0.513. The van der Waals surface area contributed by atoms with Crippen molar-refractivity contribution in [2.45, 2.75) is 32.5 Å². The van der Waals surface area contributed by atoms with Gasteiger partial charge in [-0.15, -0.1) is 0 Å². The van der Waals surface area contributed by atoms with Gasteiger partial charge in [0, 0.05) is 11.8 Å². The normalized spacial score (nSPS) is 25.1. The molecule has 0 amide bonds. The first-order valence-electron chi connectivity index (χ1n) is 5.54. The van der Waals surface area contributed by atoms with Gasteiger partial charge in [-0.2, -0.15) is 8.78 Å². The first-order chi connectivity index (χ1) is 8.67. The van der Waals surface area contributed by atoms with Crippen LogP contribution >= 0.6 is 0 Å². The van der Waals surface area contributed by atoms with E-state index in [9.17, 15) is 27.1 Å². The SMILES string of the molecule is CC1(C)C(O)CC1Oc1c(F)c(F)c(F)c(F)c1F. The van der Waals surface area contributed by atoms with Crippen LogP contribution in [0.25, 0.3) is 0 Å². The molecule has 0 heterocycles. The molecule has 1 fully saturated rings. The Kier molecular flexibility index (Phi) is 3.20. The molecule has 2 rings (SSSR count). The van der Waals surface area contributed by atoms with Crippen LogP contribution in [0.3, 0.4) is 0 Å². The number of aliphatic hydroxyl groups is 1. The van der Waals surface area contributed by atoms with Crippen LogP contribution in [-0.4, -0.2) is 17.3 Å². The van der Waals surface area contributed by atoms with E-state index in [1.807, 2.05) is 0 Å². The predicted octanol–water partition coefficient (Wildman–Crippen LogP) is 2.92. The van der Waals surface area contributed by atoms with Crippen LogP contribution in [0.15, 0.2) is 0 Å². The maximum Gasteiger partial charge on any atom is 0.207 e. The van der Waals surface area contributed by atoms with Crippen molar-refractivity contribution in [3.8, 4) is 5.75 Å². The van der Waals surface area contributed by atoms with E-state index in [1.54, 1.807) is 13.8 Å². The number of hydrogen-bond donors (Lipinski definition) is 1. The van der Waals surface area contributed by atoms with Crippen molar-refractivity contribution >= 4 is 0 Å². The smallest absolute Gasteiger partial charge is 0.207 e. The minimum absolute atomic E-state index is 0.0620. The van der Waals surface area contributed by atoms with Gasteiger partial charge in [0.1, 0.15) is 6.10 Å². The van der Waals surface area contributed by atoms with Gasteiger partial charge in [0.25, 0.3) is 0 Å². The van der Waals surface area contributed by atoms with E-state index in [0.29, 0.717) is 0 Å². The van der Waals surface area contributed by atoms with Crippen molar-refractivity contribution in [2.24, 2.45) is 5.41 Å². The number of halogens is 5. The zero-order valence-corrected chi connectivity index (χ0v) is 10.1. The lowest BCUT2D eigenvalue weighted by Crippen LogP contribution is -2.56. The van der Waals surface area contributed by atoms with Gasteiger partial charge in [-0.3, -0.25) is 0 Å². The van der Waals surface area contributed by atoms with E-state index in [2.05, 4.69) is 0 Å². The van der Waals surface area contributed by atoms with Gasteiger partial charge in [0.15, 0.2) is 5.75 Å². The molecule has 2 unspecified atom stereocenters. The van der Waals surface area contributed by atoms with E-state index in [4.69, 9.17) is 4.74 Å². The summed E-state index contributed by atoms with van der Waals surface area (Å²) < 4.78 is 70.3. The number of rotatable bonds is 2. The second-order valence-electron chi connectivity index (χ2n) is 5.08. The molecule has 0 aromatic heterocycles. The second kappa shape index (κ2) is 4.33. The van der Waals surface area contributed by atoms with Gasteiger partial charge in [-0.05, 0) is 0 Å². The van der Waals surface area contributed by atoms with E-state index >= 15 is 0 Å². The molecule has 1 N–H and O–H groups in total. The van der Waals surface area contributed by atoms with Crippen LogP contribution in [0, 0.1) is 34.5 Å². The topological polar surface area (TPSA) is 29.5 Å². The summed E-state index contributed by atoms with van der Waals surface area (Å²) in [4.78, 5) is 0. The average molecular weight is 282 g/mol. The Bertz CT molecular complexity index is 500. The summed E-state index contributed by atoms with van der Waals surface area (Å²) in [6, 6.07) is 0. The van der Waals surface area contributed by atoms with Gasteiger partial charge in [0.2, 0.25) is 29.1 Å². The van der Waals surface area contributed by atoms with E-state index < -0.39 is 52.5 Å². The highest BCUT2D eigenvalue weighted by Gasteiger charge is 2.50. The lowest BCUT2D eigenvalue weighted by atomic mass is 9.66. The molecule has 1 aliphatic rings. The lowest BCUT2D eigenvalue weighted by Gasteiger charge is -2.48. The maximum absolute atomic E-state index is 13.4. The van der Waals surface area contributed by atoms with E-state index in [1.165, 1.54) is 0 Å². The molecule has 106 valence electrons. The Balaban J connectivity index is 2.37. The lowest BCUT2D eigenvalue weighted by molar-refractivity contribution is -0.136. The Labute approximate surface area is 105 Å². The van der Waals surface area contributed by atoms with Gasteiger partial charge in [-0.25, -0.2) is 13.2 Å². The molecule has 0 saturated heterocycles. The fourth-order valence-corrected chi connectivity index (χ4v) is 1.89. The maximum atomic E-state index is 13.4. The number of aliphatic hydroxyl groups excluding tert-OH is 1. The molecule has 2 atom stereocenters. The van der Waals surface area contributed by atoms with Gasteiger partial charge in [0.05, 0.1) is 6.10 Å². The zero-order chi connectivity index (χ0) is 14.5. The highest BCUT2D eigenvalue weighted by atomic mass is 19.2. The molecule has 2 nitrogen and oxygen atoms in total. The molecular formula is C12H11F5O2. The average Bonchev–Trinajstić information content (AvgIpc) is 2.37. The summed E-state index contributed by atoms with van der Waals surface area (Å²) in [6.07, 6.45) is -1.51. The van der Waals surface area contributed by atoms with E-state index in [-0.39, 0.29) is 6.42 Å². The van der Waals surface area contributed by atoms with Crippen LogP contribution in [-0.2, 0) is 0 Å². The molecule has 1 aromatic carbocycles. The third kappa shape index (κ3) is 1.96. The van der Waals surface area contributed by atoms with Crippen LogP contribution in [0.5, 0.6) is 5.75 Å². The first kappa shape index (κ1) is 14.0. The van der Waals surface area contributed by atoms with Crippen LogP contribution < -0.4 is 4.74 Å². The molecule has 0 bridgehead atoms. The third-order valence-electron chi connectivity index (χ3n) is 3.56. The number of hydrogen-bond acceptors (Lipinski definition) is 2. The minimum atomic E-state index is -2.23. The highest BCUT2D eigenvalue weighted by Crippen LogP contribution is 2.44. The zero-order valence-electron chi connectivity index (χ0n) is 10.1. The molecular weight excluding hydrogens is 271 g/mol. The standard InChI is InChI=1S/C12H11F5O2/c1-12(2)4(18)3-5(12)19-11-9(16)7(14)6(13)8(15)10(11)17/h4-5,18H,3H2,1-2H3. The predicted molar refractivity (Wildman–Crippen MR) is 55.1 cm³/mol. The molecule has 0 aliphatic heterocycles. The van der Waals surface area contributed by atoms with Crippen molar-refractivity contribution < 1.29 is 31.8 Å². The Morgan fingerprint density at radius 3 is 1.74 bits per heavy atom. The summed E-state index contributed by atoms with van der Waals surface area (Å²) in [5.41, 5.74) is -0.819. The van der Waals surface area contributed by atoms with Gasteiger partial charge < -0.3 is 9.84 Å². The Morgan fingerprint density at radius 2 is 1.37 bits per heavy atom. The Hall–Kier alpha value is -1.37. The Morgan fingerprint density at radius 1 is 0.947 bits per heavy atom.